The fourth-order valence-corrected chi connectivity index (χ4v) is 1.36. The number of hydrogen-bond acceptors (Lipinski definition) is 3. The van der Waals surface area contributed by atoms with E-state index in [-0.39, 0.29) is 0 Å². The van der Waals surface area contributed by atoms with E-state index in [1.165, 1.54) is 17.8 Å². The van der Waals surface area contributed by atoms with Crippen molar-refractivity contribution in [2.75, 3.05) is 0 Å². The maximum Gasteiger partial charge on any atom is 0.316 e. The molecule has 0 spiro atoms. The monoisotopic (exact) mass is 211 g/mol. The van der Waals surface area contributed by atoms with Crippen molar-refractivity contribution in [2.24, 2.45) is 7.05 Å². The van der Waals surface area contributed by atoms with E-state index >= 15 is 0 Å². The van der Waals surface area contributed by atoms with E-state index in [4.69, 9.17) is 11.6 Å². The SMILES string of the molecule is Cn1c(=O)c(=O)[nH]c2ncc(Cl)cc21. The number of nitrogens with one attached hydrogen (secondary N) is 1. The summed E-state index contributed by atoms with van der Waals surface area (Å²) in [7, 11) is 1.50. The Balaban J connectivity index is 3.07. The van der Waals surface area contributed by atoms with E-state index in [2.05, 4.69) is 9.97 Å². The van der Waals surface area contributed by atoms with Gasteiger partial charge in [0.25, 0.3) is 0 Å². The molecule has 0 aliphatic heterocycles. The zero-order valence-electron chi connectivity index (χ0n) is 7.24. The largest absolute Gasteiger partial charge is 0.316 e. The van der Waals surface area contributed by atoms with Gasteiger partial charge in [-0.2, -0.15) is 0 Å². The standard InChI is InChI=1S/C8H6ClN3O2/c1-12-5-2-4(9)3-10-6(5)11-7(13)8(12)14/h2-3H,1H3,(H,10,11,13). The average Bonchev–Trinajstić information content (AvgIpc) is 2.16. The highest BCUT2D eigenvalue weighted by atomic mass is 35.5. The van der Waals surface area contributed by atoms with Crippen molar-refractivity contribution in [1.29, 1.82) is 0 Å². The molecule has 2 aromatic rings. The molecule has 2 aromatic heterocycles. The minimum atomic E-state index is -0.685. The lowest BCUT2D eigenvalue weighted by atomic mass is 10.4. The number of halogens is 1. The van der Waals surface area contributed by atoms with Gasteiger partial charge >= 0.3 is 11.1 Å². The van der Waals surface area contributed by atoms with Crippen molar-refractivity contribution in [2.45, 2.75) is 0 Å². The summed E-state index contributed by atoms with van der Waals surface area (Å²) in [6.45, 7) is 0. The molecule has 0 fully saturated rings. The minimum absolute atomic E-state index is 0.349. The maximum atomic E-state index is 11.2. The Morgan fingerprint density at radius 2 is 2.21 bits per heavy atom. The molecule has 5 nitrogen and oxygen atoms in total. The quantitative estimate of drug-likeness (QED) is 0.637. The molecular formula is C8H6ClN3O2. The van der Waals surface area contributed by atoms with Gasteiger partial charge in [0.2, 0.25) is 0 Å². The molecule has 0 atom stereocenters. The summed E-state index contributed by atoms with van der Waals surface area (Å²) in [6, 6.07) is 1.57. The van der Waals surface area contributed by atoms with Crippen LogP contribution in [0.4, 0.5) is 0 Å². The Labute approximate surface area is 83.0 Å². The van der Waals surface area contributed by atoms with Crippen molar-refractivity contribution in [3.05, 3.63) is 38.0 Å². The number of rotatable bonds is 0. The Morgan fingerprint density at radius 3 is 2.93 bits per heavy atom. The third-order valence-corrected chi connectivity index (χ3v) is 2.13. The number of aromatic amines is 1. The van der Waals surface area contributed by atoms with Crippen molar-refractivity contribution in [3.8, 4) is 0 Å². The number of fused-ring (bicyclic) bond motifs is 1. The fourth-order valence-electron chi connectivity index (χ4n) is 1.20. The van der Waals surface area contributed by atoms with Gasteiger partial charge in [-0.05, 0) is 6.07 Å². The molecule has 2 rings (SSSR count). The molecule has 0 aliphatic rings. The smallest absolute Gasteiger partial charge is 0.304 e. The summed E-state index contributed by atoms with van der Waals surface area (Å²) in [5, 5.41) is 0.416. The highest BCUT2D eigenvalue weighted by Gasteiger charge is 2.04. The van der Waals surface area contributed by atoms with Crippen molar-refractivity contribution >= 4 is 22.8 Å². The van der Waals surface area contributed by atoms with E-state index in [1.54, 1.807) is 6.07 Å². The average molecular weight is 212 g/mol. The normalized spacial score (nSPS) is 10.7. The molecule has 0 aliphatic carbocycles. The van der Waals surface area contributed by atoms with Crippen LogP contribution in [-0.2, 0) is 7.05 Å². The Hall–Kier alpha value is -1.62. The third-order valence-electron chi connectivity index (χ3n) is 1.93. The molecule has 1 N–H and O–H groups in total. The molecule has 6 heteroatoms. The summed E-state index contributed by atoms with van der Waals surface area (Å²) >= 11 is 5.71. The van der Waals surface area contributed by atoms with Gasteiger partial charge in [-0.1, -0.05) is 11.6 Å². The number of aromatic nitrogens is 3. The van der Waals surface area contributed by atoms with E-state index in [9.17, 15) is 9.59 Å². The molecule has 14 heavy (non-hydrogen) atoms. The number of hydrogen-bond donors (Lipinski definition) is 1. The first-order valence-electron chi connectivity index (χ1n) is 3.84. The highest BCUT2D eigenvalue weighted by molar-refractivity contribution is 6.30. The maximum absolute atomic E-state index is 11.2. The Bertz CT molecular complexity index is 614. The molecule has 0 amide bonds. The van der Waals surface area contributed by atoms with Gasteiger partial charge in [-0.15, -0.1) is 0 Å². The van der Waals surface area contributed by atoms with Crippen molar-refractivity contribution in [1.82, 2.24) is 14.5 Å². The van der Waals surface area contributed by atoms with Crippen LogP contribution in [0.25, 0.3) is 11.2 Å². The third kappa shape index (κ3) is 1.22. The summed E-state index contributed by atoms with van der Waals surface area (Å²) in [5.74, 6) is 0. The topological polar surface area (TPSA) is 67.8 Å². The van der Waals surface area contributed by atoms with E-state index < -0.39 is 11.1 Å². The molecule has 0 bridgehead atoms. The molecule has 0 radical (unpaired) electrons. The molecule has 0 saturated carbocycles. The highest BCUT2D eigenvalue weighted by Crippen LogP contribution is 2.11. The summed E-state index contributed by atoms with van der Waals surface area (Å²) in [4.78, 5) is 28.6. The van der Waals surface area contributed by atoms with Gasteiger partial charge < -0.3 is 9.55 Å². The second-order valence-corrected chi connectivity index (χ2v) is 3.28. The lowest BCUT2D eigenvalue weighted by Gasteiger charge is -2.02. The Kier molecular flexibility index (Phi) is 1.89. The van der Waals surface area contributed by atoms with E-state index in [1.807, 2.05) is 0 Å². The lowest BCUT2D eigenvalue weighted by molar-refractivity contribution is 0.868. The van der Waals surface area contributed by atoms with Crippen LogP contribution < -0.4 is 11.1 Å². The summed E-state index contributed by atoms with van der Waals surface area (Å²) < 4.78 is 1.22. The van der Waals surface area contributed by atoms with Gasteiger partial charge in [0.15, 0.2) is 5.65 Å². The number of pyridine rings is 1. The Morgan fingerprint density at radius 1 is 1.50 bits per heavy atom. The van der Waals surface area contributed by atoms with Gasteiger partial charge in [0.1, 0.15) is 0 Å². The molecule has 0 unspecified atom stereocenters. The van der Waals surface area contributed by atoms with Crippen LogP contribution >= 0.6 is 11.6 Å². The second-order valence-electron chi connectivity index (χ2n) is 2.84. The van der Waals surface area contributed by atoms with Crippen LogP contribution in [0.1, 0.15) is 0 Å². The van der Waals surface area contributed by atoms with Gasteiger partial charge in [-0.3, -0.25) is 9.59 Å². The predicted octanol–water partition coefficient (Wildman–Crippen LogP) is 0.275. The zero-order valence-corrected chi connectivity index (χ0v) is 8.00. The van der Waals surface area contributed by atoms with Gasteiger partial charge in [0.05, 0.1) is 10.5 Å². The molecule has 0 saturated heterocycles. The predicted molar refractivity (Wildman–Crippen MR) is 52.6 cm³/mol. The molecular weight excluding hydrogens is 206 g/mol. The first kappa shape index (κ1) is 8.96. The van der Waals surface area contributed by atoms with Crippen molar-refractivity contribution in [3.63, 3.8) is 0 Å². The molecule has 0 aromatic carbocycles. The number of nitrogens with zero attached hydrogens (tertiary/aromatic N) is 2. The first-order valence-corrected chi connectivity index (χ1v) is 4.22. The first-order chi connectivity index (χ1) is 6.59. The van der Waals surface area contributed by atoms with E-state index in [0.717, 1.165) is 0 Å². The molecule has 72 valence electrons. The summed E-state index contributed by atoms with van der Waals surface area (Å²) in [6.07, 6.45) is 1.41. The zero-order chi connectivity index (χ0) is 10.3. The van der Waals surface area contributed by atoms with Crippen LogP contribution in [-0.4, -0.2) is 14.5 Å². The lowest BCUT2D eigenvalue weighted by Crippen LogP contribution is -2.35. The van der Waals surface area contributed by atoms with Crippen LogP contribution in [0.15, 0.2) is 21.9 Å². The minimum Gasteiger partial charge on any atom is -0.304 e. The van der Waals surface area contributed by atoms with Gasteiger partial charge in [-0.25, -0.2) is 4.98 Å². The number of aryl methyl sites for hydroxylation is 1. The van der Waals surface area contributed by atoms with Crippen LogP contribution in [0.2, 0.25) is 5.02 Å². The number of H-pyrrole nitrogens is 1. The summed E-state index contributed by atoms with van der Waals surface area (Å²) in [5.41, 5.74) is -0.458. The second kappa shape index (κ2) is 2.95. The van der Waals surface area contributed by atoms with Gasteiger partial charge in [0, 0.05) is 13.2 Å². The van der Waals surface area contributed by atoms with Crippen LogP contribution in [0.5, 0.6) is 0 Å². The fraction of sp³-hybridized carbons (Fsp3) is 0.125. The van der Waals surface area contributed by atoms with E-state index in [0.29, 0.717) is 16.2 Å². The molecule has 2 heterocycles. The van der Waals surface area contributed by atoms with Crippen LogP contribution in [0.3, 0.4) is 0 Å². The van der Waals surface area contributed by atoms with Crippen molar-refractivity contribution < 1.29 is 0 Å². The van der Waals surface area contributed by atoms with Crippen LogP contribution in [0, 0.1) is 0 Å².